The van der Waals surface area contributed by atoms with E-state index >= 15 is 0 Å². The maximum absolute atomic E-state index is 11.2. The summed E-state index contributed by atoms with van der Waals surface area (Å²) >= 11 is 5.93. The lowest BCUT2D eigenvalue weighted by atomic mass is 9.89. The van der Waals surface area contributed by atoms with Gasteiger partial charge in [0.15, 0.2) is 0 Å². The zero-order valence-corrected chi connectivity index (χ0v) is 12.8. The molecule has 5 heteroatoms. The second kappa shape index (κ2) is 5.81. The van der Waals surface area contributed by atoms with Crippen LogP contribution in [0.3, 0.4) is 0 Å². The Morgan fingerprint density at radius 1 is 1.18 bits per heavy atom. The molecule has 1 heterocycles. The normalized spacial score (nSPS) is 12.5. The summed E-state index contributed by atoms with van der Waals surface area (Å²) in [6.45, 7) is 1.81. The number of rotatable bonds is 4. The van der Waals surface area contributed by atoms with Crippen LogP contribution in [-0.4, -0.2) is 16.5 Å². The van der Waals surface area contributed by atoms with E-state index in [1.54, 1.807) is 12.1 Å². The Labute approximate surface area is 132 Å². The monoisotopic (exact) mass is 314 g/mol. The van der Waals surface area contributed by atoms with Crippen LogP contribution < -0.4 is 0 Å². The maximum Gasteiger partial charge on any atom is 0.214 e. The third kappa shape index (κ3) is 2.70. The highest BCUT2D eigenvalue weighted by atomic mass is 35.5. The molecule has 112 valence electrons. The van der Waals surface area contributed by atoms with Crippen LogP contribution in [0.5, 0.6) is 0 Å². The fourth-order valence-electron chi connectivity index (χ4n) is 2.95. The van der Waals surface area contributed by atoms with Gasteiger partial charge in [-0.05, 0) is 36.2 Å². The van der Waals surface area contributed by atoms with E-state index in [-0.39, 0.29) is 17.4 Å². The number of nitrogens with zero attached hydrogens (tertiary/aromatic N) is 1. The molecule has 1 atom stereocenters. The van der Waals surface area contributed by atoms with Crippen molar-refractivity contribution in [2.24, 2.45) is 0 Å². The van der Waals surface area contributed by atoms with E-state index in [0.717, 1.165) is 27.7 Å². The van der Waals surface area contributed by atoms with Crippen molar-refractivity contribution in [3.63, 3.8) is 0 Å². The molecule has 0 saturated carbocycles. The van der Waals surface area contributed by atoms with Crippen molar-refractivity contribution >= 4 is 22.5 Å². The number of para-hydroxylation sites is 1. The van der Waals surface area contributed by atoms with Gasteiger partial charge in [-0.2, -0.15) is 0 Å². The largest absolute Gasteiger partial charge is 0.358 e. The average Bonchev–Trinajstić information content (AvgIpc) is 2.81. The van der Waals surface area contributed by atoms with E-state index < -0.39 is 0 Å². The van der Waals surface area contributed by atoms with Gasteiger partial charge in [-0.1, -0.05) is 41.9 Å². The predicted octanol–water partition coefficient (Wildman–Crippen LogP) is 4.54. The molecule has 3 rings (SSSR count). The van der Waals surface area contributed by atoms with Crippen molar-refractivity contribution in [1.29, 1.82) is 0 Å². The van der Waals surface area contributed by atoms with Crippen LogP contribution in [0.25, 0.3) is 10.9 Å². The first-order valence-corrected chi connectivity index (χ1v) is 7.38. The van der Waals surface area contributed by atoms with Gasteiger partial charge < -0.3 is 4.98 Å². The number of aromatic amines is 1. The molecule has 22 heavy (non-hydrogen) atoms. The van der Waals surface area contributed by atoms with E-state index in [1.165, 1.54) is 0 Å². The van der Waals surface area contributed by atoms with Crippen molar-refractivity contribution in [3.05, 3.63) is 80.5 Å². The number of H-pyrrole nitrogens is 1. The van der Waals surface area contributed by atoms with Gasteiger partial charge in [0.05, 0.1) is 5.92 Å². The topological polar surface area (TPSA) is 58.9 Å². The lowest BCUT2D eigenvalue weighted by molar-refractivity contribution is -0.481. The van der Waals surface area contributed by atoms with Crippen LogP contribution >= 0.6 is 11.6 Å². The summed E-state index contributed by atoms with van der Waals surface area (Å²) < 4.78 is 0. The van der Waals surface area contributed by atoms with Gasteiger partial charge in [0, 0.05) is 26.5 Å². The number of halogens is 1. The third-order valence-electron chi connectivity index (χ3n) is 3.90. The summed E-state index contributed by atoms with van der Waals surface area (Å²) in [6.07, 6.45) is 0. The Balaban J connectivity index is 2.17. The minimum absolute atomic E-state index is 0.148. The molecule has 4 nitrogen and oxygen atoms in total. The fraction of sp³-hybridized carbons (Fsp3) is 0.176. The Morgan fingerprint density at radius 3 is 2.55 bits per heavy atom. The molecule has 0 unspecified atom stereocenters. The van der Waals surface area contributed by atoms with Gasteiger partial charge in [-0.3, -0.25) is 10.1 Å². The van der Waals surface area contributed by atoms with Crippen LogP contribution in [-0.2, 0) is 0 Å². The summed E-state index contributed by atoms with van der Waals surface area (Å²) in [4.78, 5) is 14.2. The summed E-state index contributed by atoms with van der Waals surface area (Å²) in [5, 5.41) is 12.8. The Bertz CT molecular complexity index is 824. The van der Waals surface area contributed by atoms with Crippen molar-refractivity contribution in [2.75, 3.05) is 6.54 Å². The number of nitro groups is 1. The predicted molar refractivity (Wildman–Crippen MR) is 88.2 cm³/mol. The van der Waals surface area contributed by atoms with Crippen molar-refractivity contribution in [2.45, 2.75) is 12.8 Å². The molecule has 3 aromatic rings. The smallest absolute Gasteiger partial charge is 0.214 e. The van der Waals surface area contributed by atoms with Crippen LogP contribution in [0.1, 0.15) is 22.7 Å². The Hall–Kier alpha value is -2.33. The molecule has 0 bridgehead atoms. The molecular formula is C17H15ClN2O2. The van der Waals surface area contributed by atoms with E-state index in [9.17, 15) is 10.1 Å². The SMILES string of the molecule is Cc1[nH]c2ccccc2c1[C@H](C[N+](=O)[O-])c1ccc(Cl)cc1. The first-order chi connectivity index (χ1) is 10.6. The molecule has 0 fully saturated rings. The molecule has 1 aromatic heterocycles. The number of aromatic nitrogens is 1. The third-order valence-corrected chi connectivity index (χ3v) is 4.15. The summed E-state index contributed by atoms with van der Waals surface area (Å²) in [5.41, 5.74) is 3.84. The molecule has 0 saturated heterocycles. The van der Waals surface area contributed by atoms with E-state index in [0.29, 0.717) is 5.02 Å². The van der Waals surface area contributed by atoms with E-state index in [1.807, 2.05) is 43.3 Å². The fourth-order valence-corrected chi connectivity index (χ4v) is 3.08. The standard InChI is InChI=1S/C17H15ClN2O2/c1-11-17(14-4-2-3-5-16(14)19-11)15(10-20(21)22)12-6-8-13(18)9-7-12/h2-9,15,19H,10H2,1H3/t15-/m1/s1. The number of benzene rings is 2. The van der Waals surface area contributed by atoms with Crippen LogP contribution in [0, 0.1) is 17.0 Å². The maximum atomic E-state index is 11.2. The molecule has 0 spiro atoms. The highest BCUT2D eigenvalue weighted by molar-refractivity contribution is 6.30. The molecule has 2 aromatic carbocycles. The van der Waals surface area contributed by atoms with Gasteiger partial charge in [-0.15, -0.1) is 0 Å². The number of aryl methyl sites for hydroxylation is 1. The number of fused-ring (bicyclic) bond motifs is 1. The summed E-state index contributed by atoms with van der Waals surface area (Å²) in [5.74, 6) is -0.302. The van der Waals surface area contributed by atoms with Gasteiger partial charge in [0.1, 0.15) is 0 Å². The summed E-state index contributed by atoms with van der Waals surface area (Å²) in [7, 11) is 0. The van der Waals surface area contributed by atoms with Gasteiger partial charge >= 0.3 is 0 Å². The highest BCUT2D eigenvalue weighted by Crippen LogP contribution is 2.34. The van der Waals surface area contributed by atoms with Crippen LogP contribution in [0.4, 0.5) is 0 Å². The number of hydrogen-bond acceptors (Lipinski definition) is 2. The van der Waals surface area contributed by atoms with Gasteiger partial charge in [0.2, 0.25) is 6.54 Å². The molecule has 0 aliphatic rings. The Kier molecular flexibility index (Phi) is 3.86. The lowest BCUT2D eigenvalue weighted by Crippen LogP contribution is -2.14. The van der Waals surface area contributed by atoms with Gasteiger partial charge in [-0.25, -0.2) is 0 Å². The summed E-state index contributed by atoms with van der Waals surface area (Å²) in [6, 6.07) is 15.1. The average molecular weight is 315 g/mol. The van der Waals surface area contributed by atoms with Gasteiger partial charge in [0.25, 0.3) is 0 Å². The molecule has 0 aliphatic heterocycles. The van der Waals surface area contributed by atoms with Crippen molar-refractivity contribution < 1.29 is 4.92 Å². The molecule has 0 aliphatic carbocycles. The molecule has 1 N–H and O–H groups in total. The molecule has 0 amide bonds. The Morgan fingerprint density at radius 2 is 1.86 bits per heavy atom. The van der Waals surface area contributed by atoms with Crippen LogP contribution in [0.2, 0.25) is 5.02 Å². The molecular weight excluding hydrogens is 300 g/mol. The first kappa shape index (κ1) is 14.6. The van der Waals surface area contributed by atoms with E-state index in [4.69, 9.17) is 11.6 Å². The minimum atomic E-state index is -0.302. The minimum Gasteiger partial charge on any atom is -0.358 e. The number of nitrogens with one attached hydrogen (secondary N) is 1. The van der Waals surface area contributed by atoms with Crippen molar-refractivity contribution in [1.82, 2.24) is 4.98 Å². The highest BCUT2D eigenvalue weighted by Gasteiger charge is 2.25. The molecule has 0 radical (unpaired) electrons. The first-order valence-electron chi connectivity index (χ1n) is 7.00. The van der Waals surface area contributed by atoms with E-state index in [2.05, 4.69) is 4.98 Å². The zero-order chi connectivity index (χ0) is 15.7. The second-order valence-corrected chi connectivity index (χ2v) is 5.77. The van der Waals surface area contributed by atoms with Crippen molar-refractivity contribution in [3.8, 4) is 0 Å². The lowest BCUT2D eigenvalue weighted by Gasteiger charge is -2.14. The zero-order valence-electron chi connectivity index (χ0n) is 12.0. The quantitative estimate of drug-likeness (QED) is 0.568. The van der Waals surface area contributed by atoms with Crippen LogP contribution in [0.15, 0.2) is 48.5 Å². The number of hydrogen-bond donors (Lipinski definition) is 1. The second-order valence-electron chi connectivity index (χ2n) is 5.33.